The Kier molecular flexibility index (Phi) is 4.78. The molecule has 0 aromatic carbocycles. The number of carbonyl (C=O) groups excluding carboxylic acids is 2. The van der Waals surface area contributed by atoms with Crippen LogP contribution in [0.5, 0.6) is 0 Å². The van der Waals surface area contributed by atoms with E-state index >= 15 is 0 Å². The van der Waals surface area contributed by atoms with Crippen LogP contribution in [0.1, 0.15) is 19.8 Å². The molecular weight excluding hydrogens is 118 g/mol. The number of aldehydes is 1. The van der Waals surface area contributed by atoms with E-state index in [0.29, 0.717) is 12.7 Å². The third-order valence-electron chi connectivity index (χ3n) is 0.860. The minimum atomic E-state index is -0.0513. The first-order valence-corrected chi connectivity index (χ1v) is 3.01. The zero-order valence-electron chi connectivity index (χ0n) is 5.52. The van der Waals surface area contributed by atoms with Crippen LogP contribution < -0.4 is 5.32 Å². The molecule has 0 aliphatic heterocycles. The molecule has 1 N–H and O–H groups in total. The van der Waals surface area contributed by atoms with Gasteiger partial charge in [-0.15, -0.1) is 0 Å². The zero-order valence-corrected chi connectivity index (χ0v) is 5.52. The molecule has 0 saturated heterocycles. The number of rotatable bonds is 4. The third-order valence-corrected chi connectivity index (χ3v) is 0.860. The van der Waals surface area contributed by atoms with Crippen molar-refractivity contribution < 1.29 is 9.59 Å². The summed E-state index contributed by atoms with van der Waals surface area (Å²) in [7, 11) is 0. The molecule has 0 fully saturated rings. The van der Waals surface area contributed by atoms with Crippen LogP contribution >= 0.6 is 0 Å². The first-order valence-electron chi connectivity index (χ1n) is 3.01. The maximum Gasteiger partial charge on any atom is 0.220 e. The summed E-state index contributed by atoms with van der Waals surface area (Å²) in [6, 6.07) is 0. The standard InChI is InChI=1S/C6H11NO2/c1-2-3-6(9)7-4-5-8/h5H,2-4H2,1H3,(H,7,9). The number of carbonyl (C=O) groups is 2. The van der Waals surface area contributed by atoms with Crippen molar-refractivity contribution in [3.05, 3.63) is 0 Å². The molecule has 0 bridgehead atoms. The molecule has 0 saturated carbocycles. The van der Waals surface area contributed by atoms with Crippen molar-refractivity contribution in [1.29, 1.82) is 0 Å². The highest BCUT2D eigenvalue weighted by Crippen LogP contribution is 1.83. The maximum atomic E-state index is 10.5. The van der Waals surface area contributed by atoms with Crippen LogP contribution in [-0.4, -0.2) is 18.7 Å². The molecule has 0 aromatic rings. The van der Waals surface area contributed by atoms with Gasteiger partial charge in [0.05, 0.1) is 6.54 Å². The lowest BCUT2D eigenvalue weighted by atomic mass is 10.3. The van der Waals surface area contributed by atoms with Gasteiger partial charge >= 0.3 is 0 Å². The lowest BCUT2D eigenvalue weighted by Gasteiger charge is -1.95. The van der Waals surface area contributed by atoms with Crippen molar-refractivity contribution in [2.24, 2.45) is 0 Å². The molecule has 0 unspecified atom stereocenters. The zero-order chi connectivity index (χ0) is 7.11. The molecule has 52 valence electrons. The van der Waals surface area contributed by atoms with Gasteiger partial charge in [0.25, 0.3) is 0 Å². The highest BCUT2D eigenvalue weighted by molar-refractivity contribution is 5.78. The Morgan fingerprint density at radius 2 is 2.33 bits per heavy atom. The Morgan fingerprint density at radius 1 is 1.67 bits per heavy atom. The van der Waals surface area contributed by atoms with Crippen molar-refractivity contribution in [2.45, 2.75) is 19.8 Å². The van der Waals surface area contributed by atoms with E-state index in [2.05, 4.69) is 5.32 Å². The molecule has 0 atom stereocenters. The van der Waals surface area contributed by atoms with Crippen LogP contribution in [0.25, 0.3) is 0 Å². The second-order valence-electron chi connectivity index (χ2n) is 1.72. The SMILES string of the molecule is CCCC(=O)NCC=O. The Bertz CT molecular complexity index is 101. The van der Waals surface area contributed by atoms with Crippen LogP contribution in [0.4, 0.5) is 0 Å². The van der Waals surface area contributed by atoms with Crippen LogP contribution in [0.15, 0.2) is 0 Å². The summed E-state index contributed by atoms with van der Waals surface area (Å²) >= 11 is 0. The van der Waals surface area contributed by atoms with E-state index in [9.17, 15) is 9.59 Å². The molecule has 0 radical (unpaired) electrons. The Hall–Kier alpha value is -0.860. The highest BCUT2D eigenvalue weighted by Gasteiger charge is 1.94. The summed E-state index contributed by atoms with van der Waals surface area (Å²) in [5.41, 5.74) is 0. The maximum absolute atomic E-state index is 10.5. The van der Waals surface area contributed by atoms with Gasteiger partial charge < -0.3 is 10.1 Å². The van der Waals surface area contributed by atoms with Gasteiger partial charge in [0.2, 0.25) is 5.91 Å². The number of nitrogens with one attached hydrogen (secondary N) is 1. The lowest BCUT2D eigenvalue weighted by Crippen LogP contribution is -2.24. The first-order chi connectivity index (χ1) is 4.31. The van der Waals surface area contributed by atoms with Crippen molar-refractivity contribution in [1.82, 2.24) is 5.32 Å². The first kappa shape index (κ1) is 8.14. The second-order valence-corrected chi connectivity index (χ2v) is 1.72. The van der Waals surface area contributed by atoms with Gasteiger partial charge in [0.1, 0.15) is 6.29 Å². The van der Waals surface area contributed by atoms with Crippen molar-refractivity contribution in [2.75, 3.05) is 6.54 Å². The molecule has 0 rings (SSSR count). The average Bonchev–Trinajstić information content (AvgIpc) is 1.85. The van der Waals surface area contributed by atoms with Gasteiger partial charge in [0.15, 0.2) is 0 Å². The van der Waals surface area contributed by atoms with E-state index in [1.165, 1.54) is 0 Å². The Labute approximate surface area is 54.4 Å². The minimum Gasteiger partial charge on any atom is -0.349 e. The molecular formula is C6H11NO2. The van der Waals surface area contributed by atoms with Crippen molar-refractivity contribution in [3.8, 4) is 0 Å². The molecule has 0 heterocycles. The molecule has 3 heteroatoms. The van der Waals surface area contributed by atoms with Gasteiger partial charge in [0, 0.05) is 6.42 Å². The van der Waals surface area contributed by atoms with Gasteiger partial charge in [-0.05, 0) is 6.42 Å². The summed E-state index contributed by atoms with van der Waals surface area (Å²) < 4.78 is 0. The summed E-state index contributed by atoms with van der Waals surface area (Å²) in [6.45, 7) is 2.05. The minimum absolute atomic E-state index is 0.0513. The van der Waals surface area contributed by atoms with Crippen LogP contribution in [-0.2, 0) is 9.59 Å². The quantitative estimate of drug-likeness (QED) is 0.547. The number of hydrogen-bond acceptors (Lipinski definition) is 2. The summed E-state index contributed by atoms with van der Waals surface area (Å²) in [6.07, 6.45) is 2.01. The molecule has 3 nitrogen and oxygen atoms in total. The summed E-state index contributed by atoms with van der Waals surface area (Å²) in [5.74, 6) is -0.0513. The van der Waals surface area contributed by atoms with Crippen LogP contribution in [0, 0.1) is 0 Å². The molecule has 0 spiro atoms. The largest absolute Gasteiger partial charge is 0.349 e. The van der Waals surface area contributed by atoms with Gasteiger partial charge in [-0.1, -0.05) is 6.92 Å². The highest BCUT2D eigenvalue weighted by atomic mass is 16.2. The second kappa shape index (κ2) is 5.28. The smallest absolute Gasteiger partial charge is 0.220 e. The van der Waals surface area contributed by atoms with E-state index in [0.717, 1.165) is 6.42 Å². The lowest BCUT2D eigenvalue weighted by molar-refractivity contribution is -0.122. The van der Waals surface area contributed by atoms with Crippen LogP contribution in [0.2, 0.25) is 0 Å². The molecule has 0 aliphatic rings. The summed E-state index contributed by atoms with van der Waals surface area (Å²) in [4.78, 5) is 20.2. The predicted octanol–water partition coefficient (Wildman–Crippen LogP) is 0.102. The topological polar surface area (TPSA) is 46.2 Å². The van der Waals surface area contributed by atoms with Crippen LogP contribution in [0.3, 0.4) is 0 Å². The molecule has 0 aliphatic carbocycles. The normalized spacial score (nSPS) is 8.56. The average molecular weight is 129 g/mol. The number of hydrogen-bond donors (Lipinski definition) is 1. The van der Waals surface area contributed by atoms with Gasteiger partial charge in [-0.2, -0.15) is 0 Å². The number of amides is 1. The van der Waals surface area contributed by atoms with E-state index in [4.69, 9.17) is 0 Å². The fourth-order valence-corrected chi connectivity index (χ4v) is 0.471. The van der Waals surface area contributed by atoms with Gasteiger partial charge in [-0.3, -0.25) is 4.79 Å². The van der Waals surface area contributed by atoms with E-state index in [1.807, 2.05) is 6.92 Å². The van der Waals surface area contributed by atoms with E-state index in [1.54, 1.807) is 0 Å². The van der Waals surface area contributed by atoms with Crippen molar-refractivity contribution >= 4 is 12.2 Å². The fourth-order valence-electron chi connectivity index (χ4n) is 0.471. The Morgan fingerprint density at radius 3 is 2.78 bits per heavy atom. The molecule has 1 amide bonds. The predicted molar refractivity (Wildman–Crippen MR) is 34.0 cm³/mol. The van der Waals surface area contributed by atoms with Crippen molar-refractivity contribution in [3.63, 3.8) is 0 Å². The van der Waals surface area contributed by atoms with E-state index < -0.39 is 0 Å². The fraction of sp³-hybridized carbons (Fsp3) is 0.667. The van der Waals surface area contributed by atoms with E-state index in [-0.39, 0.29) is 12.5 Å². The summed E-state index contributed by atoms with van der Waals surface area (Å²) in [5, 5.41) is 2.43. The molecule has 0 aromatic heterocycles. The monoisotopic (exact) mass is 129 g/mol. The Balaban J connectivity index is 3.16. The third kappa shape index (κ3) is 5.00. The van der Waals surface area contributed by atoms with Gasteiger partial charge in [-0.25, -0.2) is 0 Å². The molecule has 9 heavy (non-hydrogen) atoms.